The van der Waals surface area contributed by atoms with E-state index < -0.39 is 23.9 Å². The van der Waals surface area contributed by atoms with E-state index >= 15 is 0 Å². The Morgan fingerprint density at radius 2 is 1.67 bits per heavy atom. The predicted octanol–water partition coefficient (Wildman–Crippen LogP) is 1.60. The number of nitroso groups, excluding NO2 is 1. The van der Waals surface area contributed by atoms with Crippen LogP contribution < -0.4 is 5.73 Å². The molecule has 1 aromatic rings. The van der Waals surface area contributed by atoms with Gasteiger partial charge in [-0.15, -0.1) is 0 Å². The normalized spacial score (nSPS) is 11.3. The Hall–Kier alpha value is -3.07. The minimum absolute atomic E-state index is 0.00381. The summed E-state index contributed by atoms with van der Waals surface area (Å²) >= 11 is 0. The van der Waals surface area contributed by atoms with Crippen LogP contribution in [0.25, 0.3) is 0 Å². The highest BCUT2D eigenvalue weighted by molar-refractivity contribution is 5.95. The number of hydrogen-bond acceptors (Lipinski definition) is 8. The molecule has 0 fully saturated rings. The maximum absolute atomic E-state index is 11.9. The second-order valence-electron chi connectivity index (χ2n) is 5.45. The molecule has 1 rings (SSSR count). The van der Waals surface area contributed by atoms with Gasteiger partial charge in [0.25, 0.3) is 0 Å². The first-order valence-electron chi connectivity index (χ1n) is 8.24. The van der Waals surface area contributed by atoms with Gasteiger partial charge in [-0.05, 0) is 37.1 Å². The van der Waals surface area contributed by atoms with Crippen molar-refractivity contribution in [2.24, 2.45) is 10.9 Å². The summed E-state index contributed by atoms with van der Waals surface area (Å²) in [7, 11) is 0. The van der Waals surface area contributed by atoms with Crippen LogP contribution in [-0.2, 0) is 19.0 Å². The maximum atomic E-state index is 11.9. The molecule has 27 heavy (non-hydrogen) atoms. The highest BCUT2D eigenvalue weighted by Gasteiger charge is 2.14. The van der Waals surface area contributed by atoms with Gasteiger partial charge in [0.1, 0.15) is 12.6 Å². The zero-order valence-corrected chi connectivity index (χ0v) is 14.8. The lowest BCUT2D eigenvalue weighted by molar-refractivity contribution is -0.137. The van der Waals surface area contributed by atoms with E-state index in [1.165, 1.54) is 24.3 Å². The standard InChI is InChI=1S/C18H22N2O7/c1-2-16(21)26-10-4-3-9-25-11-15(20-24)12-27-18(23)14-7-5-13(6-8-14)17(19)22/h2,5-8,15H,1,3-4,9-12H2,(H2,19,22). The van der Waals surface area contributed by atoms with Gasteiger partial charge in [-0.3, -0.25) is 4.79 Å². The number of nitrogens with zero attached hydrogens (tertiary/aromatic N) is 1. The number of ether oxygens (including phenoxy) is 3. The lowest BCUT2D eigenvalue weighted by atomic mass is 10.1. The average Bonchev–Trinajstić information content (AvgIpc) is 2.68. The van der Waals surface area contributed by atoms with Crippen molar-refractivity contribution in [3.05, 3.63) is 53.0 Å². The molecule has 0 aliphatic carbocycles. The number of primary amides is 1. The quantitative estimate of drug-likeness (QED) is 0.238. The summed E-state index contributed by atoms with van der Waals surface area (Å²) in [6, 6.07) is 4.79. The molecule has 2 N–H and O–H groups in total. The second-order valence-corrected chi connectivity index (χ2v) is 5.45. The molecular formula is C18H22N2O7. The largest absolute Gasteiger partial charge is 0.463 e. The Morgan fingerprint density at radius 1 is 1.04 bits per heavy atom. The molecule has 0 saturated heterocycles. The Bertz CT molecular complexity index is 658. The van der Waals surface area contributed by atoms with Gasteiger partial charge in [-0.2, -0.15) is 4.91 Å². The molecule has 0 aromatic heterocycles. The number of amides is 1. The third kappa shape index (κ3) is 8.73. The van der Waals surface area contributed by atoms with E-state index in [1.807, 2.05) is 0 Å². The summed E-state index contributed by atoms with van der Waals surface area (Å²) < 4.78 is 15.1. The van der Waals surface area contributed by atoms with Gasteiger partial charge in [0.05, 0.1) is 18.8 Å². The van der Waals surface area contributed by atoms with Gasteiger partial charge < -0.3 is 19.9 Å². The highest BCUT2D eigenvalue weighted by Crippen LogP contribution is 2.07. The zero-order valence-electron chi connectivity index (χ0n) is 14.8. The predicted molar refractivity (Wildman–Crippen MR) is 96.0 cm³/mol. The Balaban J connectivity index is 2.24. The number of nitrogens with two attached hydrogens (primary N) is 1. The summed E-state index contributed by atoms with van der Waals surface area (Å²) in [6.45, 7) is 3.67. The number of carbonyl (C=O) groups excluding carboxylic acids is 3. The fraction of sp³-hybridized carbons (Fsp3) is 0.389. The van der Waals surface area contributed by atoms with E-state index in [1.54, 1.807) is 0 Å². The van der Waals surface area contributed by atoms with Gasteiger partial charge in [0.2, 0.25) is 5.91 Å². The summed E-state index contributed by atoms with van der Waals surface area (Å²) in [5, 5.41) is 2.87. The SMILES string of the molecule is C=CC(=O)OCCCCOCC(COC(=O)c1ccc(C(N)=O)cc1)N=O. The van der Waals surface area contributed by atoms with Crippen LogP contribution in [0.5, 0.6) is 0 Å². The lowest BCUT2D eigenvalue weighted by Crippen LogP contribution is -2.22. The third-order valence-electron chi connectivity index (χ3n) is 3.37. The molecule has 0 spiro atoms. The van der Waals surface area contributed by atoms with Crippen LogP contribution in [0.2, 0.25) is 0 Å². The van der Waals surface area contributed by atoms with Crippen LogP contribution >= 0.6 is 0 Å². The van der Waals surface area contributed by atoms with Gasteiger partial charge in [0, 0.05) is 18.2 Å². The molecule has 0 aliphatic heterocycles. The van der Waals surface area contributed by atoms with Crippen molar-refractivity contribution in [1.82, 2.24) is 0 Å². The van der Waals surface area contributed by atoms with Gasteiger partial charge in [0.15, 0.2) is 0 Å². The number of esters is 2. The van der Waals surface area contributed by atoms with Crippen LogP contribution in [0.4, 0.5) is 0 Å². The first-order valence-corrected chi connectivity index (χ1v) is 8.24. The van der Waals surface area contributed by atoms with Crippen molar-refractivity contribution in [3.8, 4) is 0 Å². The van der Waals surface area contributed by atoms with E-state index in [0.29, 0.717) is 19.4 Å². The molecule has 1 atom stereocenters. The highest BCUT2D eigenvalue weighted by atomic mass is 16.5. The Labute approximate surface area is 156 Å². The fourth-order valence-corrected chi connectivity index (χ4v) is 1.89. The monoisotopic (exact) mass is 378 g/mol. The summed E-state index contributed by atoms with van der Waals surface area (Å²) in [5.41, 5.74) is 5.61. The van der Waals surface area contributed by atoms with Crippen molar-refractivity contribution >= 4 is 17.8 Å². The van der Waals surface area contributed by atoms with Crippen LogP contribution in [-0.4, -0.2) is 50.3 Å². The number of hydrogen-bond donors (Lipinski definition) is 1. The van der Waals surface area contributed by atoms with Crippen molar-refractivity contribution in [2.75, 3.05) is 26.4 Å². The van der Waals surface area contributed by atoms with E-state index in [-0.39, 0.29) is 30.9 Å². The van der Waals surface area contributed by atoms with E-state index in [2.05, 4.69) is 11.8 Å². The first kappa shape index (κ1) is 22.0. The average molecular weight is 378 g/mol. The minimum atomic E-state index is -0.836. The zero-order chi connectivity index (χ0) is 20.1. The van der Waals surface area contributed by atoms with Crippen molar-refractivity contribution in [3.63, 3.8) is 0 Å². The molecule has 9 heteroatoms. The third-order valence-corrected chi connectivity index (χ3v) is 3.37. The molecule has 0 saturated carbocycles. The van der Waals surface area contributed by atoms with E-state index in [0.717, 1.165) is 6.08 Å². The molecule has 146 valence electrons. The lowest BCUT2D eigenvalue weighted by Gasteiger charge is -2.11. The van der Waals surface area contributed by atoms with E-state index in [9.17, 15) is 19.3 Å². The first-order chi connectivity index (χ1) is 13.0. The number of rotatable bonds is 13. The molecule has 1 aromatic carbocycles. The fourth-order valence-electron chi connectivity index (χ4n) is 1.89. The summed E-state index contributed by atoms with van der Waals surface area (Å²) in [6.07, 6.45) is 2.32. The molecule has 0 heterocycles. The molecule has 0 bridgehead atoms. The second kappa shape index (κ2) is 12.3. The smallest absolute Gasteiger partial charge is 0.338 e. The van der Waals surface area contributed by atoms with Crippen molar-refractivity contribution in [1.29, 1.82) is 0 Å². The number of benzene rings is 1. The van der Waals surface area contributed by atoms with Crippen LogP contribution in [0.15, 0.2) is 42.1 Å². The summed E-state index contributed by atoms with van der Waals surface area (Å²) in [5.74, 6) is -1.73. The number of unbranched alkanes of at least 4 members (excludes halogenated alkanes) is 1. The van der Waals surface area contributed by atoms with Gasteiger partial charge >= 0.3 is 11.9 Å². The van der Waals surface area contributed by atoms with Crippen molar-refractivity contribution in [2.45, 2.75) is 18.9 Å². The van der Waals surface area contributed by atoms with Crippen LogP contribution in [0, 0.1) is 4.91 Å². The maximum Gasteiger partial charge on any atom is 0.338 e. The van der Waals surface area contributed by atoms with E-state index in [4.69, 9.17) is 19.9 Å². The molecule has 9 nitrogen and oxygen atoms in total. The molecule has 0 radical (unpaired) electrons. The molecule has 1 unspecified atom stereocenters. The molecule has 0 aliphatic rings. The number of carbonyl (C=O) groups is 3. The molecular weight excluding hydrogens is 356 g/mol. The van der Waals surface area contributed by atoms with Crippen LogP contribution in [0.1, 0.15) is 33.6 Å². The minimum Gasteiger partial charge on any atom is -0.463 e. The Kier molecular flexibility index (Phi) is 10.0. The van der Waals surface area contributed by atoms with Gasteiger partial charge in [-0.25, -0.2) is 9.59 Å². The van der Waals surface area contributed by atoms with Crippen molar-refractivity contribution < 1.29 is 28.6 Å². The van der Waals surface area contributed by atoms with Gasteiger partial charge in [-0.1, -0.05) is 11.8 Å². The molecule has 1 amide bonds. The Morgan fingerprint density at radius 3 is 2.26 bits per heavy atom. The van der Waals surface area contributed by atoms with Crippen LogP contribution in [0.3, 0.4) is 0 Å². The topological polar surface area (TPSA) is 134 Å². The summed E-state index contributed by atoms with van der Waals surface area (Å²) in [4.78, 5) is 44.5.